The molecule has 2 amide bonds. The topological polar surface area (TPSA) is 115 Å². The number of alkyl halides is 2. The van der Waals surface area contributed by atoms with Crippen LogP contribution in [0.15, 0.2) is 40.9 Å². The number of carbonyl (C=O) groups excluding carboxylic acids is 2. The number of carbonyl (C=O) groups is 2. The van der Waals surface area contributed by atoms with Gasteiger partial charge in [0, 0.05) is 50.4 Å². The zero-order valence-corrected chi connectivity index (χ0v) is 26.0. The van der Waals surface area contributed by atoms with Crippen LogP contribution in [-0.2, 0) is 11.2 Å². The van der Waals surface area contributed by atoms with Crippen molar-refractivity contribution in [1.82, 2.24) is 15.0 Å². The number of benzene rings is 2. The maximum atomic E-state index is 15.8. The highest BCUT2D eigenvalue weighted by Crippen LogP contribution is 2.49. The van der Waals surface area contributed by atoms with Gasteiger partial charge in [-0.3, -0.25) is 9.59 Å². The summed E-state index contributed by atoms with van der Waals surface area (Å²) in [6.45, 7) is 4.82. The van der Waals surface area contributed by atoms with Crippen molar-refractivity contribution < 1.29 is 32.0 Å². The van der Waals surface area contributed by atoms with E-state index in [1.807, 2.05) is 18.7 Å². The molecule has 1 unspecified atom stereocenters. The number of anilines is 1. The minimum absolute atomic E-state index is 0.00306. The Morgan fingerprint density at radius 1 is 1.02 bits per heavy atom. The fourth-order valence-electron chi connectivity index (χ4n) is 7.59. The summed E-state index contributed by atoms with van der Waals surface area (Å²) in [5.74, 6) is -3.62. The van der Waals surface area contributed by atoms with E-state index in [-0.39, 0.29) is 43.3 Å². The molecule has 2 aromatic carbocycles. The summed E-state index contributed by atoms with van der Waals surface area (Å²) in [6, 6.07) is 8.76. The van der Waals surface area contributed by atoms with Crippen molar-refractivity contribution in [1.29, 1.82) is 0 Å². The van der Waals surface area contributed by atoms with Crippen molar-refractivity contribution in [3.05, 3.63) is 59.2 Å². The first-order valence-corrected chi connectivity index (χ1v) is 16.1. The van der Waals surface area contributed by atoms with Crippen molar-refractivity contribution in [3.63, 3.8) is 0 Å². The van der Waals surface area contributed by atoms with Gasteiger partial charge in [0.2, 0.25) is 5.91 Å². The highest BCUT2D eigenvalue weighted by molar-refractivity contribution is 5.98. The van der Waals surface area contributed by atoms with Crippen LogP contribution in [-0.4, -0.2) is 64.1 Å². The second kappa shape index (κ2) is 11.3. The second-order valence-corrected chi connectivity index (χ2v) is 13.6. The number of nitrogens with two attached hydrogens (primary N) is 1. The predicted octanol–water partition coefficient (Wildman–Crippen LogP) is 5.72. The number of nitrogens with zero attached hydrogens (tertiary/aromatic N) is 4. The molecule has 3 fully saturated rings. The highest BCUT2D eigenvalue weighted by atomic mass is 19.3. The average Bonchev–Trinajstić information content (AvgIpc) is 3.65. The molecule has 0 bridgehead atoms. The summed E-state index contributed by atoms with van der Waals surface area (Å²) in [5.41, 5.74) is 5.20. The molecular formula is C34H38F3N5O4. The van der Waals surface area contributed by atoms with Gasteiger partial charge in [-0.2, -0.15) is 4.98 Å². The molecule has 0 radical (unpaired) electrons. The maximum absolute atomic E-state index is 15.8. The van der Waals surface area contributed by atoms with Crippen LogP contribution in [0.2, 0.25) is 0 Å². The van der Waals surface area contributed by atoms with E-state index in [1.54, 1.807) is 24.3 Å². The molecule has 2 N–H and O–H groups in total. The first-order valence-electron chi connectivity index (χ1n) is 16.1. The molecule has 4 heterocycles. The maximum Gasteiger partial charge on any atom is 0.324 e. The second-order valence-electron chi connectivity index (χ2n) is 13.6. The van der Waals surface area contributed by atoms with Gasteiger partial charge in [0.15, 0.2) is 11.4 Å². The van der Waals surface area contributed by atoms with Gasteiger partial charge in [-0.25, -0.2) is 13.2 Å². The van der Waals surface area contributed by atoms with E-state index in [4.69, 9.17) is 15.0 Å². The molecule has 12 heteroatoms. The fourth-order valence-corrected chi connectivity index (χ4v) is 7.59. The molecule has 1 saturated carbocycles. The van der Waals surface area contributed by atoms with Crippen molar-refractivity contribution in [2.45, 2.75) is 82.3 Å². The number of aromatic nitrogens is 2. The Bertz CT molecular complexity index is 1660. The fraction of sp³-hybridized carbons (Fsp3) is 0.529. The van der Waals surface area contributed by atoms with Gasteiger partial charge in [-0.1, -0.05) is 50.4 Å². The number of hydrogen-bond acceptors (Lipinski definition) is 7. The summed E-state index contributed by atoms with van der Waals surface area (Å²) in [5, 5.41) is 3.98. The van der Waals surface area contributed by atoms with E-state index in [0.29, 0.717) is 53.2 Å². The minimum Gasteiger partial charge on any atom is -0.481 e. The summed E-state index contributed by atoms with van der Waals surface area (Å²) in [7, 11) is 0. The summed E-state index contributed by atoms with van der Waals surface area (Å²) >= 11 is 0. The lowest BCUT2D eigenvalue weighted by Gasteiger charge is -2.48. The molecule has 244 valence electrons. The average molecular weight is 638 g/mol. The molecule has 3 aliphatic heterocycles. The van der Waals surface area contributed by atoms with Crippen molar-refractivity contribution >= 4 is 17.8 Å². The monoisotopic (exact) mass is 637 g/mol. The molecule has 4 aliphatic rings. The number of primary amides is 1. The summed E-state index contributed by atoms with van der Waals surface area (Å²) in [4.78, 5) is 33.4. The van der Waals surface area contributed by atoms with E-state index in [2.05, 4.69) is 10.1 Å². The smallest absolute Gasteiger partial charge is 0.324 e. The highest BCUT2D eigenvalue weighted by Gasteiger charge is 2.59. The van der Waals surface area contributed by atoms with Gasteiger partial charge in [0.25, 0.3) is 11.8 Å². The Morgan fingerprint density at radius 2 is 1.74 bits per heavy atom. The molecule has 2 saturated heterocycles. The first-order chi connectivity index (χ1) is 22.0. The van der Waals surface area contributed by atoms with E-state index >= 15 is 13.2 Å². The Balaban J connectivity index is 1.07. The van der Waals surface area contributed by atoms with Gasteiger partial charge >= 0.3 is 6.01 Å². The molecule has 46 heavy (non-hydrogen) atoms. The van der Waals surface area contributed by atoms with Crippen LogP contribution in [0.3, 0.4) is 0 Å². The number of amides is 2. The van der Waals surface area contributed by atoms with E-state index < -0.39 is 41.6 Å². The third-order valence-corrected chi connectivity index (χ3v) is 10.5. The van der Waals surface area contributed by atoms with Gasteiger partial charge in [0.1, 0.15) is 17.6 Å². The Labute approximate surface area is 265 Å². The van der Waals surface area contributed by atoms with Crippen LogP contribution in [0.25, 0.3) is 11.1 Å². The zero-order chi connectivity index (χ0) is 32.4. The van der Waals surface area contributed by atoms with Crippen LogP contribution in [0.4, 0.5) is 19.2 Å². The molecule has 2 atom stereocenters. The van der Waals surface area contributed by atoms with Crippen LogP contribution in [0.5, 0.6) is 5.75 Å². The number of piperidine rings is 1. The van der Waals surface area contributed by atoms with Crippen molar-refractivity contribution in [2.75, 3.05) is 24.5 Å². The Hall–Kier alpha value is -4.09. The van der Waals surface area contributed by atoms with Gasteiger partial charge in [0.05, 0.1) is 5.56 Å². The van der Waals surface area contributed by atoms with Gasteiger partial charge in [-0.15, -0.1) is 0 Å². The quantitative estimate of drug-likeness (QED) is 0.368. The molecule has 3 aromatic rings. The molecule has 1 aromatic heterocycles. The largest absolute Gasteiger partial charge is 0.481 e. The number of rotatable bonds is 6. The lowest BCUT2D eigenvalue weighted by Crippen LogP contribution is -2.61. The van der Waals surface area contributed by atoms with Gasteiger partial charge < -0.3 is 24.8 Å². The predicted molar refractivity (Wildman–Crippen MR) is 163 cm³/mol. The van der Waals surface area contributed by atoms with Gasteiger partial charge in [-0.05, 0) is 53.6 Å². The number of likely N-dealkylation sites (tertiary alicyclic amines) is 1. The van der Waals surface area contributed by atoms with E-state index in [0.717, 1.165) is 19.3 Å². The summed E-state index contributed by atoms with van der Waals surface area (Å²) in [6.07, 6.45) is 3.44. The zero-order valence-electron chi connectivity index (χ0n) is 26.0. The third kappa shape index (κ3) is 5.09. The lowest BCUT2D eigenvalue weighted by molar-refractivity contribution is -0.185. The summed E-state index contributed by atoms with van der Waals surface area (Å²) < 4.78 is 58.5. The third-order valence-electron chi connectivity index (χ3n) is 10.5. The van der Waals surface area contributed by atoms with Crippen molar-refractivity contribution in [3.8, 4) is 16.9 Å². The molecule has 7 rings (SSSR count). The van der Waals surface area contributed by atoms with Crippen LogP contribution < -0.4 is 15.4 Å². The molecular weight excluding hydrogens is 599 g/mol. The molecule has 1 aliphatic carbocycles. The normalized spacial score (nSPS) is 23.7. The van der Waals surface area contributed by atoms with Crippen molar-refractivity contribution in [2.24, 2.45) is 17.6 Å². The molecule has 9 nitrogen and oxygen atoms in total. The number of ether oxygens (including phenoxy) is 1. The standard InChI is InChI=1S/C34H38F3N5O4/c1-19(2)30-39-32(46-40-30)41-14-11-33(12-15-41)34(36,37)18-23-16-21(7-9-27(23)45-33)22-6-8-25(26(35)17-22)31(44)42-13-10-24(20-4-3-5-20)28(42)29(38)43/h6-9,16-17,19-20,24,28H,3-5,10-15,18H2,1-2H3,(H2,38,43)/t24?,28-/m0/s1. The Morgan fingerprint density at radius 3 is 2.37 bits per heavy atom. The SMILES string of the molecule is CC(C)c1noc(N2CCC3(CC2)Oc2ccc(-c4ccc(C(=O)N5CCC(C6CCC6)[C@H]5C(N)=O)c(F)c4)cc2CC3(F)F)n1. The minimum atomic E-state index is -3.14. The first kappa shape index (κ1) is 30.6. The van der Waals surface area contributed by atoms with Crippen LogP contribution in [0.1, 0.15) is 80.0 Å². The number of hydrogen-bond donors (Lipinski definition) is 1. The lowest BCUT2D eigenvalue weighted by atomic mass is 9.72. The van der Waals surface area contributed by atoms with Crippen LogP contribution in [0, 0.1) is 17.7 Å². The number of fused-ring (bicyclic) bond motifs is 1. The van der Waals surface area contributed by atoms with E-state index in [1.165, 1.54) is 17.0 Å². The Kier molecular flexibility index (Phi) is 7.51. The molecule has 1 spiro atoms. The van der Waals surface area contributed by atoms with Crippen LogP contribution >= 0.6 is 0 Å². The van der Waals surface area contributed by atoms with E-state index in [9.17, 15) is 9.59 Å². The number of halogens is 3.